The van der Waals surface area contributed by atoms with Crippen LogP contribution in [0.15, 0.2) is 36.7 Å². The number of hydrogen-bond donors (Lipinski definition) is 0. The van der Waals surface area contributed by atoms with Crippen molar-refractivity contribution in [2.24, 2.45) is 0 Å². The summed E-state index contributed by atoms with van der Waals surface area (Å²) in [6, 6.07) is 8.30. The lowest BCUT2D eigenvalue weighted by Crippen LogP contribution is -1.91. The van der Waals surface area contributed by atoms with E-state index in [0.717, 1.165) is 16.9 Å². The number of methoxy groups -OCH3 is 2. The quantitative estimate of drug-likeness (QED) is 0.686. The van der Waals surface area contributed by atoms with E-state index in [1.807, 2.05) is 12.1 Å². The molecular formula is C15H15NO2. The molecule has 0 bridgehead atoms. The molecule has 3 rings (SSSR count). The highest BCUT2D eigenvalue weighted by Crippen LogP contribution is 2.34. The van der Waals surface area contributed by atoms with E-state index in [1.165, 1.54) is 16.5 Å². The van der Waals surface area contributed by atoms with Crippen LogP contribution in [0.4, 0.5) is 0 Å². The lowest BCUT2D eigenvalue weighted by molar-refractivity contribution is 0.356. The molecule has 0 unspecified atom stereocenters. The number of rotatable bonds is 2. The summed E-state index contributed by atoms with van der Waals surface area (Å²) in [5.41, 5.74) is 2.43. The molecule has 0 radical (unpaired) electrons. The highest BCUT2D eigenvalue weighted by molar-refractivity contribution is 5.98. The molecule has 0 saturated carbocycles. The Morgan fingerprint density at radius 1 is 1.00 bits per heavy atom. The van der Waals surface area contributed by atoms with Crippen molar-refractivity contribution >= 4 is 16.3 Å². The SMILES string of the molecule is COc1cc2ccn3cc(C)cc3c2cc1OC. The summed E-state index contributed by atoms with van der Waals surface area (Å²) in [6.07, 6.45) is 4.18. The van der Waals surface area contributed by atoms with Crippen molar-refractivity contribution in [3.63, 3.8) is 0 Å². The average Bonchev–Trinajstić information content (AvgIpc) is 2.77. The Hall–Kier alpha value is -2.16. The van der Waals surface area contributed by atoms with Crippen molar-refractivity contribution < 1.29 is 9.47 Å². The molecule has 0 aliphatic carbocycles. The highest BCUT2D eigenvalue weighted by Gasteiger charge is 2.08. The maximum atomic E-state index is 5.37. The molecule has 92 valence electrons. The van der Waals surface area contributed by atoms with Gasteiger partial charge in [-0.15, -0.1) is 0 Å². The summed E-state index contributed by atoms with van der Waals surface area (Å²) in [6.45, 7) is 2.10. The average molecular weight is 241 g/mol. The van der Waals surface area contributed by atoms with Crippen LogP contribution in [0.3, 0.4) is 0 Å². The van der Waals surface area contributed by atoms with Crippen LogP contribution in [0.25, 0.3) is 16.3 Å². The molecule has 1 aromatic carbocycles. The number of hydrogen-bond acceptors (Lipinski definition) is 2. The van der Waals surface area contributed by atoms with Crippen LogP contribution in [0.5, 0.6) is 11.5 Å². The first-order valence-corrected chi connectivity index (χ1v) is 5.86. The van der Waals surface area contributed by atoms with Gasteiger partial charge in [0, 0.05) is 17.8 Å². The van der Waals surface area contributed by atoms with Crippen LogP contribution >= 0.6 is 0 Å². The molecule has 0 spiro atoms. The second-order valence-corrected chi connectivity index (χ2v) is 4.42. The first-order chi connectivity index (χ1) is 8.72. The van der Waals surface area contributed by atoms with Gasteiger partial charge in [-0.2, -0.15) is 0 Å². The van der Waals surface area contributed by atoms with E-state index in [9.17, 15) is 0 Å². The third-order valence-corrected chi connectivity index (χ3v) is 3.23. The monoisotopic (exact) mass is 241 g/mol. The van der Waals surface area contributed by atoms with E-state index in [1.54, 1.807) is 14.2 Å². The van der Waals surface area contributed by atoms with E-state index in [4.69, 9.17) is 9.47 Å². The van der Waals surface area contributed by atoms with Crippen LogP contribution in [0.2, 0.25) is 0 Å². The molecule has 0 saturated heterocycles. The Bertz CT molecular complexity index is 728. The van der Waals surface area contributed by atoms with Gasteiger partial charge in [0.05, 0.1) is 19.7 Å². The fraction of sp³-hybridized carbons (Fsp3) is 0.200. The topological polar surface area (TPSA) is 22.9 Å². The largest absolute Gasteiger partial charge is 0.493 e. The van der Waals surface area contributed by atoms with Gasteiger partial charge in [-0.1, -0.05) is 0 Å². The summed E-state index contributed by atoms with van der Waals surface area (Å²) < 4.78 is 12.8. The molecule has 18 heavy (non-hydrogen) atoms. The van der Waals surface area contributed by atoms with Gasteiger partial charge in [0.1, 0.15) is 0 Å². The first-order valence-electron chi connectivity index (χ1n) is 5.86. The van der Waals surface area contributed by atoms with E-state index in [0.29, 0.717) is 0 Å². The molecule has 0 atom stereocenters. The van der Waals surface area contributed by atoms with Gasteiger partial charge in [0.2, 0.25) is 0 Å². The van der Waals surface area contributed by atoms with E-state index in [2.05, 4.69) is 35.9 Å². The van der Waals surface area contributed by atoms with Crippen molar-refractivity contribution in [3.05, 3.63) is 42.2 Å². The van der Waals surface area contributed by atoms with Crippen LogP contribution in [0.1, 0.15) is 5.56 Å². The number of benzene rings is 1. The van der Waals surface area contributed by atoms with Crippen molar-refractivity contribution in [1.82, 2.24) is 4.40 Å². The number of aromatic nitrogens is 1. The van der Waals surface area contributed by atoms with Gasteiger partial charge < -0.3 is 13.9 Å². The smallest absolute Gasteiger partial charge is 0.161 e. The summed E-state index contributed by atoms with van der Waals surface area (Å²) in [5.74, 6) is 1.52. The summed E-state index contributed by atoms with van der Waals surface area (Å²) in [4.78, 5) is 0. The minimum Gasteiger partial charge on any atom is -0.493 e. The number of fused-ring (bicyclic) bond motifs is 3. The minimum absolute atomic E-state index is 0.761. The fourth-order valence-electron chi connectivity index (χ4n) is 2.37. The predicted octanol–water partition coefficient (Wildman–Crippen LogP) is 3.42. The van der Waals surface area contributed by atoms with Crippen LogP contribution < -0.4 is 9.47 Å². The maximum Gasteiger partial charge on any atom is 0.161 e. The Labute approximate surface area is 106 Å². The number of pyridine rings is 1. The summed E-state index contributed by atoms with van der Waals surface area (Å²) >= 11 is 0. The van der Waals surface area contributed by atoms with Crippen LogP contribution in [-0.4, -0.2) is 18.6 Å². The highest BCUT2D eigenvalue weighted by atomic mass is 16.5. The van der Waals surface area contributed by atoms with Gasteiger partial charge in [0.15, 0.2) is 11.5 Å². The second-order valence-electron chi connectivity index (χ2n) is 4.42. The van der Waals surface area contributed by atoms with E-state index < -0.39 is 0 Å². The maximum absolute atomic E-state index is 5.37. The van der Waals surface area contributed by atoms with Gasteiger partial charge >= 0.3 is 0 Å². The van der Waals surface area contributed by atoms with Gasteiger partial charge in [-0.05, 0) is 42.1 Å². The first kappa shape index (κ1) is 11.0. The molecule has 3 heteroatoms. The van der Waals surface area contributed by atoms with Crippen molar-refractivity contribution in [2.45, 2.75) is 6.92 Å². The zero-order valence-corrected chi connectivity index (χ0v) is 10.7. The molecule has 0 amide bonds. The van der Waals surface area contributed by atoms with E-state index >= 15 is 0 Å². The van der Waals surface area contributed by atoms with Crippen molar-refractivity contribution in [3.8, 4) is 11.5 Å². The third-order valence-electron chi connectivity index (χ3n) is 3.23. The zero-order valence-electron chi connectivity index (χ0n) is 10.7. The lowest BCUT2D eigenvalue weighted by atomic mass is 10.1. The minimum atomic E-state index is 0.761. The zero-order chi connectivity index (χ0) is 12.7. The van der Waals surface area contributed by atoms with Gasteiger partial charge in [-0.3, -0.25) is 0 Å². The number of aryl methyl sites for hydroxylation is 1. The van der Waals surface area contributed by atoms with Gasteiger partial charge in [0.25, 0.3) is 0 Å². The van der Waals surface area contributed by atoms with Crippen molar-refractivity contribution in [1.29, 1.82) is 0 Å². The molecule has 0 N–H and O–H groups in total. The van der Waals surface area contributed by atoms with Gasteiger partial charge in [-0.25, -0.2) is 0 Å². The van der Waals surface area contributed by atoms with Crippen molar-refractivity contribution in [2.75, 3.05) is 14.2 Å². The number of ether oxygens (including phenoxy) is 2. The number of nitrogens with zero attached hydrogens (tertiary/aromatic N) is 1. The summed E-state index contributed by atoms with van der Waals surface area (Å²) in [5, 5.41) is 2.32. The lowest BCUT2D eigenvalue weighted by Gasteiger charge is -2.10. The van der Waals surface area contributed by atoms with E-state index in [-0.39, 0.29) is 0 Å². The molecular weight excluding hydrogens is 226 g/mol. The third kappa shape index (κ3) is 1.51. The molecule has 2 aromatic heterocycles. The fourth-order valence-corrected chi connectivity index (χ4v) is 2.37. The molecule has 3 aromatic rings. The molecule has 3 nitrogen and oxygen atoms in total. The van der Waals surface area contributed by atoms with Crippen LogP contribution in [-0.2, 0) is 0 Å². The Kier molecular flexibility index (Phi) is 2.40. The molecule has 2 heterocycles. The predicted molar refractivity (Wildman–Crippen MR) is 72.7 cm³/mol. The normalized spacial score (nSPS) is 11.1. The Balaban J connectivity index is 2.42. The standard InChI is InChI=1S/C15H15NO2/c1-10-6-13-12-8-15(18-3)14(17-2)7-11(12)4-5-16(13)9-10/h4-9H,1-3H3. The Morgan fingerprint density at radius 3 is 2.44 bits per heavy atom. The molecule has 0 fully saturated rings. The second kappa shape index (κ2) is 3.95. The Morgan fingerprint density at radius 2 is 1.72 bits per heavy atom. The van der Waals surface area contributed by atoms with Crippen LogP contribution in [0, 0.1) is 6.92 Å². The molecule has 0 aliphatic rings. The molecule has 0 aliphatic heterocycles. The summed E-state index contributed by atoms with van der Waals surface area (Å²) in [7, 11) is 3.32.